The third-order valence-electron chi connectivity index (χ3n) is 4.67. The van der Waals surface area contributed by atoms with Crippen molar-refractivity contribution >= 4 is 0 Å². The topological polar surface area (TPSA) is 28.2 Å². The van der Waals surface area contributed by atoms with Crippen LogP contribution in [0.1, 0.15) is 36.9 Å². The Balaban J connectivity index is 1.54. The van der Waals surface area contributed by atoms with Gasteiger partial charge in [0.25, 0.3) is 0 Å². The third kappa shape index (κ3) is 2.43. The molecule has 2 bridgehead atoms. The lowest BCUT2D eigenvalue weighted by molar-refractivity contribution is 0.148. The van der Waals surface area contributed by atoms with E-state index in [-0.39, 0.29) is 0 Å². The molecule has 1 N–H and O–H groups in total. The average molecular weight is 245 g/mol. The summed E-state index contributed by atoms with van der Waals surface area (Å²) in [6.45, 7) is 2.99. The van der Waals surface area contributed by atoms with Gasteiger partial charge in [-0.15, -0.1) is 0 Å². The first kappa shape index (κ1) is 12.1. The lowest BCUT2D eigenvalue weighted by atomic mass is 9.98. The predicted molar refractivity (Wildman–Crippen MR) is 73.4 cm³/mol. The predicted octanol–water partition coefficient (Wildman–Crippen LogP) is 2.10. The van der Waals surface area contributed by atoms with Gasteiger partial charge in [0.15, 0.2) is 0 Å². The monoisotopic (exact) mass is 245 g/mol. The van der Waals surface area contributed by atoms with Crippen LogP contribution in [0.3, 0.4) is 0 Å². The van der Waals surface area contributed by atoms with E-state index in [0.29, 0.717) is 6.04 Å². The number of fused-ring (bicyclic) bond motifs is 2. The molecule has 0 saturated carbocycles. The molecule has 2 fully saturated rings. The maximum Gasteiger partial charge on any atom is 0.0372 e. The van der Waals surface area contributed by atoms with Gasteiger partial charge in [-0.1, -0.05) is 6.07 Å². The van der Waals surface area contributed by atoms with E-state index in [4.69, 9.17) is 0 Å². The lowest BCUT2D eigenvalue weighted by Crippen LogP contribution is -2.46. The van der Waals surface area contributed by atoms with Crippen molar-refractivity contribution in [2.24, 2.45) is 0 Å². The van der Waals surface area contributed by atoms with Gasteiger partial charge in [-0.05, 0) is 51.3 Å². The normalized spacial score (nSPS) is 31.8. The molecule has 3 nitrogen and oxygen atoms in total. The zero-order chi connectivity index (χ0) is 12.5. The zero-order valence-corrected chi connectivity index (χ0v) is 11.4. The van der Waals surface area contributed by atoms with E-state index in [1.807, 2.05) is 13.1 Å². The Morgan fingerprint density at radius 1 is 1.28 bits per heavy atom. The molecule has 0 spiro atoms. The molecule has 1 aromatic heterocycles. The van der Waals surface area contributed by atoms with Crippen LogP contribution in [0.25, 0.3) is 0 Å². The fraction of sp³-hybridized carbons (Fsp3) is 0.667. The molecular formula is C15H23N3. The first-order valence-electron chi connectivity index (χ1n) is 7.09. The van der Waals surface area contributed by atoms with Crippen LogP contribution in [0.4, 0.5) is 0 Å². The Morgan fingerprint density at radius 3 is 2.61 bits per heavy atom. The number of nitrogens with one attached hydrogen (secondary N) is 1. The second-order valence-electron chi connectivity index (χ2n) is 5.91. The van der Waals surface area contributed by atoms with Gasteiger partial charge >= 0.3 is 0 Å². The molecule has 98 valence electrons. The standard InChI is InChI=1S/C15H23N3/c1-11-3-4-12(9-16-11)10-17-13-7-14-5-6-15(8-13)18(14)2/h3-4,9,13-15,17H,5-8,10H2,1-2H3. The van der Waals surface area contributed by atoms with Crippen molar-refractivity contribution in [3.05, 3.63) is 29.6 Å². The molecule has 0 radical (unpaired) electrons. The number of piperidine rings is 1. The summed E-state index contributed by atoms with van der Waals surface area (Å²) in [7, 11) is 2.29. The van der Waals surface area contributed by atoms with Gasteiger partial charge in [-0.2, -0.15) is 0 Å². The van der Waals surface area contributed by atoms with Crippen LogP contribution in [-0.2, 0) is 6.54 Å². The molecule has 3 heterocycles. The zero-order valence-electron chi connectivity index (χ0n) is 11.4. The number of aryl methyl sites for hydroxylation is 1. The summed E-state index contributed by atoms with van der Waals surface area (Å²) in [4.78, 5) is 6.94. The highest BCUT2D eigenvalue weighted by atomic mass is 15.2. The quantitative estimate of drug-likeness (QED) is 0.884. The number of nitrogens with zero attached hydrogens (tertiary/aromatic N) is 2. The number of aromatic nitrogens is 1. The molecule has 2 saturated heterocycles. The van der Waals surface area contributed by atoms with Crippen LogP contribution >= 0.6 is 0 Å². The molecule has 2 unspecified atom stereocenters. The Bertz CT molecular complexity index is 387. The molecule has 18 heavy (non-hydrogen) atoms. The summed E-state index contributed by atoms with van der Waals surface area (Å²) in [6, 6.07) is 6.60. The molecule has 0 aromatic carbocycles. The number of hydrogen-bond donors (Lipinski definition) is 1. The molecule has 2 aliphatic rings. The van der Waals surface area contributed by atoms with Crippen molar-refractivity contribution in [2.45, 2.75) is 57.3 Å². The van der Waals surface area contributed by atoms with E-state index in [1.165, 1.54) is 31.2 Å². The molecule has 0 amide bonds. The molecular weight excluding hydrogens is 222 g/mol. The van der Waals surface area contributed by atoms with E-state index in [0.717, 1.165) is 24.3 Å². The maximum atomic E-state index is 4.35. The molecule has 2 atom stereocenters. The van der Waals surface area contributed by atoms with Crippen LogP contribution in [0, 0.1) is 6.92 Å². The molecule has 3 heteroatoms. The smallest absolute Gasteiger partial charge is 0.0372 e. The van der Waals surface area contributed by atoms with E-state index < -0.39 is 0 Å². The fourth-order valence-corrected chi connectivity index (χ4v) is 3.44. The lowest BCUT2D eigenvalue weighted by Gasteiger charge is -2.36. The number of pyridine rings is 1. The highest BCUT2D eigenvalue weighted by Crippen LogP contribution is 2.34. The Kier molecular flexibility index (Phi) is 3.35. The summed E-state index contributed by atoms with van der Waals surface area (Å²) in [5.74, 6) is 0. The average Bonchev–Trinajstić information content (AvgIpc) is 2.62. The van der Waals surface area contributed by atoms with Crippen molar-refractivity contribution in [3.8, 4) is 0 Å². The van der Waals surface area contributed by atoms with Gasteiger partial charge in [0.05, 0.1) is 0 Å². The van der Waals surface area contributed by atoms with E-state index in [9.17, 15) is 0 Å². The van der Waals surface area contributed by atoms with E-state index >= 15 is 0 Å². The largest absolute Gasteiger partial charge is 0.310 e. The van der Waals surface area contributed by atoms with Gasteiger partial charge in [-0.3, -0.25) is 4.98 Å². The van der Waals surface area contributed by atoms with Crippen molar-refractivity contribution in [1.29, 1.82) is 0 Å². The minimum atomic E-state index is 0.694. The van der Waals surface area contributed by atoms with Crippen LogP contribution in [0.2, 0.25) is 0 Å². The first-order valence-corrected chi connectivity index (χ1v) is 7.09. The molecule has 3 rings (SSSR count). The van der Waals surface area contributed by atoms with Crippen LogP contribution < -0.4 is 5.32 Å². The number of rotatable bonds is 3. The maximum absolute atomic E-state index is 4.35. The van der Waals surface area contributed by atoms with Gasteiger partial charge in [0, 0.05) is 36.6 Å². The second kappa shape index (κ2) is 4.98. The summed E-state index contributed by atoms with van der Waals surface area (Å²) in [6.07, 6.45) is 7.40. The minimum Gasteiger partial charge on any atom is -0.310 e. The fourth-order valence-electron chi connectivity index (χ4n) is 3.44. The van der Waals surface area contributed by atoms with Gasteiger partial charge < -0.3 is 10.2 Å². The van der Waals surface area contributed by atoms with Crippen LogP contribution in [-0.4, -0.2) is 35.1 Å². The van der Waals surface area contributed by atoms with Crippen LogP contribution in [0.5, 0.6) is 0 Å². The summed E-state index contributed by atoms with van der Waals surface area (Å²) in [5, 5.41) is 3.71. The van der Waals surface area contributed by atoms with E-state index in [2.05, 4.69) is 34.4 Å². The van der Waals surface area contributed by atoms with Crippen molar-refractivity contribution in [1.82, 2.24) is 15.2 Å². The highest BCUT2D eigenvalue weighted by Gasteiger charge is 2.37. The summed E-state index contributed by atoms with van der Waals surface area (Å²) in [5.41, 5.74) is 2.39. The molecule has 0 aliphatic carbocycles. The Morgan fingerprint density at radius 2 is 2.00 bits per heavy atom. The Labute approximate surface area is 110 Å². The second-order valence-corrected chi connectivity index (χ2v) is 5.91. The number of hydrogen-bond acceptors (Lipinski definition) is 3. The molecule has 1 aromatic rings. The van der Waals surface area contributed by atoms with Crippen molar-refractivity contribution in [3.63, 3.8) is 0 Å². The minimum absolute atomic E-state index is 0.694. The first-order chi connectivity index (χ1) is 8.72. The van der Waals surface area contributed by atoms with Gasteiger partial charge in [0.2, 0.25) is 0 Å². The van der Waals surface area contributed by atoms with Gasteiger partial charge in [0.1, 0.15) is 0 Å². The summed E-state index contributed by atoms with van der Waals surface area (Å²) < 4.78 is 0. The molecule has 2 aliphatic heterocycles. The highest BCUT2D eigenvalue weighted by molar-refractivity contribution is 5.13. The van der Waals surface area contributed by atoms with Crippen molar-refractivity contribution < 1.29 is 0 Å². The van der Waals surface area contributed by atoms with E-state index in [1.54, 1.807) is 0 Å². The van der Waals surface area contributed by atoms with Crippen molar-refractivity contribution in [2.75, 3.05) is 7.05 Å². The van der Waals surface area contributed by atoms with Crippen LogP contribution in [0.15, 0.2) is 18.3 Å². The van der Waals surface area contributed by atoms with Gasteiger partial charge in [-0.25, -0.2) is 0 Å². The summed E-state index contributed by atoms with van der Waals surface area (Å²) >= 11 is 0. The Hall–Kier alpha value is -0.930. The third-order valence-corrected chi connectivity index (χ3v) is 4.67. The SMILES string of the molecule is Cc1ccc(CNC2CC3CCC(C2)N3C)cn1.